The van der Waals surface area contributed by atoms with E-state index in [-0.39, 0.29) is 30.1 Å². The highest BCUT2D eigenvalue weighted by Crippen LogP contribution is 2.22. The number of piperidine rings is 1. The van der Waals surface area contributed by atoms with Crippen LogP contribution in [0.4, 0.5) is 10.1 Å². The summed E-state index contributed by atoms with van der Waals surface area (Å²) in [6.07, 6.45) is 2.47. The number of quaternary nitrogens is 1. The van der Waals surface area contributed by atoms with Crippen LogP contribution in [-0.2, 0) is 9.59 Å². The number of rotatable bonds is 2. The summed E-state index contributed by atoms with van der Waals surface area (Å²) >= 11 is 0. The third-order valence-electron chi connectivity index (χ3n) is 4.64. The van der Waals surface area contributed by atoms with E-state index in [1.54, 1.807) is 0 Å². The van der Waals surface area contributed by atoms with Crippen LogP contribution in [0.15, 0.2) is 24.3 Å². The summed E-state index contributed by atoms with van der Waals surface area (Å²) in [6.45, 7) is 4.12. The summed E-state index contributed by atoms with van der Waals surface area (Å²) in [5.74, 6) is 0.0121. The van der Waals surface area contributed by atoms with Crippen LogP contribution >= 0.6 is 0 Å². The van der Waals surface area contributed by atoms with E-state index in [0.29, 0.717) is 11.6 Å². The Balaban J connectivity index is 1.77. The van der Waals surface area contributed by atoms with E-state index in [1.165, 1.54) is 34.1 Å². The van der Waals surface area contributed by atoms with E-state index >= 15 is 0 Å². The van der Waals surface area contributed by atoms with Crippen molar-refractivity contribution in [3.8, 4) is 0 Å². The molecule has 2 amide bonds. The second kappa shape index (κ2) is 5.56. The topological polar surface area (TPSA) is 41.8 Å². The van der Waals surface area contributed by atoms with Gasteiger partial charge in [0.2, 0.25) is 5.91 Å². The predicted molar refractivity (Wildman–Crippen MR) is 76.4 cm³/mol. The molecular formula is C16H20FN2O2+. The highest BCUT2D eigenvalue weighted by atomic mass is 19.1. The molecule has 112 valence electrons. The molecule has 1 aromatic carbocycles. The first-order valence-corrected chi connectivity index (χ1v) is 7.53. The molecule has 0 spiro atoms. The summed E-state index contributed by atoms with van der Waals surface area (Å²) in [5, 5.41) is 0. The zero-order valence-corrected chi connectivity index (χ0v) is 12.1. The molecule has 2 saturated heterocycles. The third-order valence-corrected chi connectivity index (χ3v) is 4.64. The van der Waals surface area contributed by atoms with Gasteiger partial charge in [0, 0.05) is 0 Å². The van der Waals surface area contributed by atoms with Gasteiger partial charge in [-0.05, 0) is 43.0 Å². The molecule has 2 aliphatic rings. The standard InChI is InChI=1S/C16H19FN2O2/c1-11-6-8-18(9-7-11)14-10-15(20)19(16(14)21)13-4-2-12(17)3-5-13/h2-5,11,14H,6-10H2,1H3/p+1/t14-/m0/s1. The minimum absolute atomic E-state index is 0.142. The second-order valence-corrected chi connectivity index (χ2v) is 6.14. The number of benzene rings is 1. The number of likely N-dealkylation sites (tertiary alicyclic amines) is 1. The number of nitrogens with one attached hydrogen (secondary N) is 1. The molecule has 0 unspecified atom stereocenters. The molecule has 5 heteroatoms. The number of halogens is 1. The van der Waals surface area contributed by atoms with Gasteiger partial charge in [-0.25, -0.2) is 9.29 Å². The number of carbonyl (C=O) groups is 2. The maximum atomic E-state index is 13.0. The van der Waals surface area contributed by atoms with Gasteiger partial charge in [0.05, 0.1) is 25.2 Å². The van der Waals surface area contributed by atoms with Crippen LogP contribution in [0.3, 0.4) is 0 Å². The number of anilines is 1. The molecular weight excluding hydrogens is 271 g/mol. The number of imide groups is 1. The predicted octanol–water partition coefficient (Wildman–Crippen LogP) is 0.772. The number of nitrogens with zero attached hydrogens (tertiary/aromatic N) is 1. The van der Waals surface area contributed by atoms with E-state index in [9.17, 15) is 14.0 Å². The monoisotopic (exact) mass is 291 g/mol. The maximum absolute atomic E-state index is 13.0. The van der Waals surface area contributed by atoms with Gasteiger partial charge in [-0.15, -0.1) is 0 Å². The summed E-state index contributed by atoms with van der Waals surface area (Å²) in [6, 6.07) is 5.26. The zero-order chi connectivity index (χ0) is 15.0. The zero-order valence-electron chi connectivity index (χ0n) is 12.1. The lowest BCUT2D eigenvalue weighted by Gasteiger charge is -2.30. The summed E-state index contributed by atoms with van der Waals surface area (Å²) in [7, 11) is 0. The van der Waals surface area contributed by atoms with Gasteiger partial charge in [0.1, 0.15) is 5.82 Å². The number of hydrogen-bond donors (Lipinski definition) is 1. The van der Waals surface area contributed by atoms with Crippen LogP contribution in [0.1, 0.15) is 26.2 Å². The lowest BCUT2D eigenvalue weighted by Crippen LogP contribution is -3.17. The molecule has 0 saturated carbocycles. The Bertz CT molecular complexity index is 550. The first-order chi connectivity index (χ1) is 10.1. The average molecular weight is 291 g/mol. The first-order valence-electron chi connectivity index (χ1n) is 7.53. The van der Waals surface area contributed by atoms with Gasteiger partial charge >= 0.3 is 0 Å². The van der Waals surface area contributed by atoms with E-state index < -0.39 is 0 Å². The van der Waals surface area contributed by atoms with Crippen molar-refractivity contribution in [3.05, 3.63) is 30.1 Å². The van der Waals surface area contributed by atoms with Crippen LogP contribution in [0.2, 0.25) is 0 Å². The highest BCUT2D eigenvalue weighted by molar-refractivity contribution is 6.21. The largest absolute Gasteiger partial charge is 0.324 e. The summed E-state index contributed by atoms with van der Waals surface area (Å²) < 4.78 is 13.0. The molecule has 1 N–H and O–H groups in total. The molecule has 0 radical (unpaired) electrons. The highest BCUT2D eigenvalue weighted by Gasteiger charge is 2.46. The second-order valence-electron chi connectivity index (χ2n) is 6.14. The van der Waals surface area contributed by atoms with Crippen molar-refractivity contribution in [2.75, 3.05) is 18.0 Å². The van der Waals surface area contributed by atoms with Crippen molar-refractivity contribution in [1.82, 2.24) is 0 Å². The van der Waals surface area contributed by atoms with Crippen molar-refractivity contribution in [2.24, 2.45) is 5.92 Å². The van der Waals surface area contributed by atoms with Crippen molar-refractivity contribution >= 4 is 17.5 Å². The normalized spacial score (nSPS) is 30.0. The molecule has 0 aliphatic carbocycles. The Labute approximate surface area is 123 Å². The Kier molecular flexibility index (Phi) is 3.76. The molecule has 0 aromatic heterocycles. The van der Waals surface area contributed by atoms with Crippen molar-refractivity contribution in [1.29, 1.82) is 0 Å². The Morgan fingerprint density at radius 1 is 1.14 bits per heavy atom. The minimum atomic E-state index is -0.370. The lowest BCUT2D eigenvalue weighted by atomic mass is 9.97. The molecule has 3 rings (SSSR count). The number of carbonyl (C=O) groups excluding carboxylic acids is 2. The molecule has 2 heterocycles. The Morgan fingerprint density at radius 3 is 2.38 bits per heavy atom. The van der Waals surface area contributed by atoms with Gasteiger partial charge in [-0.2, -0.15) is 0 Å². The van der Waals surface area contributed by atoms with Crippen molar-refractivity contribution < 1.29 is 18.9 Å². The quantitative estimate of drug-likeness (QED) is 0.818. The fourth-order valence-electron chi connectivity index (χ4n) is 3.29. The Hall–Kier alpha value is -1.75. The SMILES string of the molecule is CC1CC[NH+]([C@H]2CC(=O)N(c3ccc(F)cc3)C2=O)CC1. The van der Waals surface area contributed by atoms with E-state index in [4.69, 9.17) is 0 Å². The molecule has 21 heavy (non-hydrogen) atoms. The van der Waals surface area contributed by atoms with Gasteiger partial charge in [-0.3, -0.25) is 9.59 Å². The number of hydrogen-bond acceptors (Lipinski definition) is 2. The smallest absolute Gasteiger partial charge is 0.292 e. The molecule has 1 atom stereocenters. The molecule has 1 aromatic rings. The summed E-state index contributed by atoms with van der Waals surface area (Å²) in [4.78, 5) is 27.2. The molecule has 2 aliphatic heterocycles. The maximum Gasteiger partial charge on any atom is 0.292 e. The van der Waals surface area contributed by atoms with Crippen LogP contribution in [-0.4, -0.2) is 30.9 Å². The first kappa shape index (κ1) is 14.2. The van der Waals surface area contributed by atoms with Crippen LogP contribution in [0, 0.1) is 11.7 Å². The minimum Gasteiger partial charge on any atom is -0.324 e. The third kappa shape index (κ3) is 2.70. The molecule has 2 fully saturated rings. The van der Waals surface area contributed by atoms with Gasteiger partial charge in [0.15, 0.2) is 6.04 Å². The van der Waals surface area contributed by atoms with Crippen molar-refractivity contribution in [3.63, 3.8) is 0 Å². The lowest BCUT2D eigenvalue weighted by molar-refractivity contribution is -0.920. The van der Waals surface area contributed by atoms with Crippen LogP contribution < -0.4 is 9.80 Å². The Morgan fingerprint density at radius 2 is 1.76 bits per heavy atom. The molecule has 0 bridgehead atoms. The van der Waals surface area contributed by atoms with Gasteiger partial charge in [0.25, 0.3) is 5.91 Å². The van der Waals surface area contributed by atoms with E-state index in [2.05, 4.69) is 6.92 Å². The number of amides is 2. The van der Waals surface area contributed by atoms with Gasteiger partial charge < -0.3 is 4.90 Å². The van der Waals surface area contributed by atoms with Crippen LogP contribution in [0.5, 0.6) is 0 Å². The fourth-order valence-corrected chi connectivity index (χ4v) is 3.29. The molecule has 4 nitrogen and oxygen atoms in total. The van der Waals surface area contributed by atoms with E-state index in [0.717, 1.165) is 25.9 Å². The van der Waals surface area contributed by atoms with Crippen molar-refractivity contribution in [2.45, 2.75) is 32.2 Å². The average Bonchev–Trinajstić information content (AvgIpc) is 2.76. The fraction of sp³-hybridized carbons (Fsp3) is 0.500. The van der Waals surface area contributed by atoms with E-state index in [1.807, 2.05) is 0 Å². The van der Waals surface area contributed by atoms with Crippen LogP contribution in [0.25, 0.3) is 0 Å². The summed E-state index contributed by atoms with van der Waals surface area (Å²) in [5.41, 5.74) is 0.471. The van der Waals surface area contributed by atoms with Gasteiger partial charge in [-0.1, -0.05) is 6.92 Å².